The highest BCUT2D eigenvalue weighted by molar-refractivity contribution is 4.96. The number of fused-ring (bicyclic) bond motifs is 2. The van der Waals surface area contributed by atoms with Gasteiger partial charge in [-0.3, -0.25) is 0 Å². The van der Waals surface area contributed by atoms with E-state index in [1.807, 2.05) is 0 Å². The normalized spacial score (nSPS) is 49.1. The molecule has 4 atom stereocenters. The quantitative estimate of drug-likeness (QED) is 0.613. The molecule has 0 spiro atoms. The smallest absolute Gasteiger partial charge is 0.0573 e. The maximum absolute atomic E-state index is 9.64. The van der Waals surface area contributed by atoms with Gasteiger partial charge in [-0.15, -0.1) is 0 Å². The summed E-state index contributed by atoms with van der Waals surface area (Å²) < 4.78 is 0. The van der Waals surface area contributed by atoms with Crippen molar-refractivity contribution in [2.24, 2.45) is 23.7 Å². The average Bonchev–Trinajstić information content (AvgIpc) is 2.43. The summed E-state index contributed by atoms with van der Waals surface area (Å²) in [6, 6.07) is 0. The SMILES string of the molecule is CC(C)[C@@H]1C[C@H]2C[C@@H]1[C@H](O)C2. The van der Waals surface area contributed by atoms with Crippen molar-refractivity contribution >= 4 is 0 Å². The Labute approximate surface area is 68.8 Å². The van der Waals surface area contributed by atoms with Gasteiger partial charge in [-0.25, -0.2) is 0 Å². The summed E-state index contributed by atoms with van der Waals surface area (Å²) in [7, 11) is 0. The number of hydrogen-bond acceptors (Lipinski definition) is 1. The van der Waals surface area contributed by atoms with Crippen molar-refractivity contribution in [1.29, 1.82) is 0 Å². The predicted molar refractivity (Wildman–Crippen MR) is 45.2 cm³/mol. The molecule has 0 amide bonds. The third kappa shape index (κ3) is 1.10. The molecule has 11 heavy (non-hydrogen) atoms. The second-order valence-electron chi connectivity index (χ2n) is 4.71. The molecule has 0 radical (unpaired) electrons. The Morgan fingerprint density at radius 3 is 2.27 bits per heavy atom. The van der Waals surface area contributed by atoms with Crippen LogP contribution >= 0.6 is 0 Å². The summed E-state index contributed by atoms with van der Waals surface area (Å²) in [4.78, 5) is 0. The van der Waals surface area contributed by atoms with Gasteiger partial charge in [0.2, 0.25) is 0 Å². The largest absolute Gasteiger partial charge is 0.393 e. The zero-order valence-corrected chi connectivity index (χ0v) is 7.46. The first kappa shape index (κ1) is 7.60. The third-order valence-electron chi connectivity index (χ3n) is 3.69. The maximum Gasteiger partial charge on any atom is 0.0573 e. The van der Waals surface area contributed by atoms with Crippen LogP contribution in [0.2, 0.25) is 0 Å². The minimum atomic E-state index is 0.0427. The molecule has 0 aromatic carbocycles. The molecule has 2 fully saturated rings. The van der Waals surface area contributed by atoms with Crippen molar-refractivity contribution in [1.82, 2.24) is 0 Å². The number of rotatable bonds is 1. The van der Waals surface area contributed by atoms with E-state index in [4.69, 9.17) is 0 Å². The van der Waals surface area contributed by atoms with Crippen LogP contribution < -0.4 is 0 Å². The highest BCUT2D eigenvalue weighted by Crippen LogP contribution is 2.50. The van der Waals surface area contributed by atoms with Crippen LogP contribution in [0.25, 0.3) is 0 Å². The Morgan fingerprint density at radius 2 is 1.91 bits per heavy atom. The lowest BCUT2D eigenvalue weighted by atomic mass is 9.80. The molecule has 2 rings (SSSR count). The van der Waals surface area contributed by atoms with Crippen molar-refractivity contribution in [2.45, 2.75) is 39.2 Å². The molecule has 64 valence electrons. The molecule has 2 aliphatic rings. The Kier molecular flexibility index (Phi) is 1.71. The molecule has 0 aliphatic heterocycles. The molecule has 0 saturated heterocycles. The van der Waals surface area contributed by atoms with E-state index < -0.39 is 0 Å². The van der Waals surface area contributed by atoms with Crippen LogP contribution in [0.1, 0.15) is 33.1 Å². The summed E-state index contributed by atoms with van der Waals surface area (Å²) in [5.74, 6) is 3.12. The van der Waals surface area contributed by atoms with Crippen molar-refractivity contribution < 1.29 is 5.11 Å². The molecule has 1 N–H and O–H groups in total. The van der Waals surface area contributed by atoms with Crippen molar-refractivity contribution in [3.8, 4) is 0 Å². The van der Waals surface area contributed by atoms with E-state index in [0.717, 1.165) is 24.2 Å². The highest BCUT2D eigenvalue weighted by atomic mass is 16.3. The van der Waals surface area contributed by atoms with Gasteiger partial charge < -0.3 is 5.11 Å². The Bertz CT molecular complexity index is 153. The fraction of sp³-hybridized carbons (Fsp3) is 1.00. The first-order chi connectivity index (χ1) is 5.18. The average molecular weight is 154 g/mol. The summed E-state index contributed by atoms with van der Waals surface area (Å²) in [5, 5.41) is 9.64. The van der Waals surface area contributed by atoms with E-state index in [1.165, 1.54) is 12.8 Å². The van der Waals surface area contributed by atoms with Crippen LogP contribution in [-0.2, 0) is 0 Å². The van der Waals surface area contributed by atoms with Gasteiger partial charge in [-0.1, -0.05) is 13.8 Å². The van der Waals surface area contributed by atoms with Crippen molar-refractivity contribution in [3.05, 3.63) is 0 Å². The topological polar surface area (TPSA) is 20.2 Å². The third-order valence-corrected chi connectivity index (χ3v) is 3.69. The fourth-order valence-electron chi connectivity index (χ4n) is 3.13. The summed E-state index contributed by atoms with van der Waals surface area (Å²) in [5.41, 5.74) is 0. The maximum atomic E-state index is 9.64. The van der Waals surface area contributed by atoms with Crippen molar-refractivity contribution in [2.75, 3.05) is 0 Å². The van der Waals surface area contributed by atoms with Crippen LogP contribution in [0, 0.1) is 23.7 Å². The zero-order chi connectivity index (χ0) is 8.01. The molecule has 0 heterocycles. The summed E-state index contributed by atoms with van der Waals surface area (Å²) in [6.45, 7) is 4.58. The molecule has 2 saturated carbocycles. The number of aliphatic hydroxyl groups excluding tert-OH is 1. The zero-order valence-electron chi connectivity index (χ0n) is 7.46. The van der Waals surface area contributed by atoms with E-state index in [-0.39, 0.29) is 6.10 Å². The van der Waals surface area contributed by atoms with Crippen molar-refractivity contribution in [3.63, 3.8) is 0 Å². The molecule has 0 aromatic heterocycles. The Hall–Kier alpha value is -0.0400. The second-order valence-corrected chi connectivity index (χ2v) is 4.71. The Balaban J connectivity index is 2.06. The first-order valence-electron chi connectivity index (χ1n) is 4.86. The van der Waals surface area contributed by atoms with Gasteiger partial charge >= 0.3 is 0 Å². The molecule has 2 aliphatic carbocycles. The van der Waals surface area contributed by atoms with Gasteiger partial charge in [-0.2, -0.15) is 0 Å². The van der Waals surface area contributed by atoms with Crippen LogP contribution in [0.4, 0.5) is 0 Å². The van der Waals surface area contributed by atoms with Crippen LogP contribution in [0.15, 0.2) is 0 Å². The van der Waals surface area contributed by atoms with Gasteiger partial charge in [0.05, 0.1) is 6.10 Å². The number of aliphatic hydroxyl groups is 1. The van der Waals surface area contributed by atoms with Gasteiger partial charge in [0.15, 0.2) is 0 Å². The van der Waals surface area contributed by atoms with Crippen LogP contribution in [0.5, 0.6) is 0 Å². The second kappa shape index (κ2) is 2.48. The van der Waals surface area contributed by atoms with Gasteiger partial charge in [0.1, 0.15) is 0 Å². The van der Waals surface area contributed by atoms with Gasteiger partial charge in [-0.05, 0) is 42.9 Å². The fourth-order valence-corrected chi connectivity index (χ4v) is 3.13. The molecule has 0 aromatic rings. The standard InChI is InChI=1S/C10H18O/c1-6(2)8-3-7-4-9(8)10(11)5-7/h6-11H,3-5H2,1-2H3/t7-,8-,9-,10+/m0/s1. The minimum absolute atomic E-state index is 0.0427. The highest BCUT2D eigenvalue weighted by Gasteiger charge is 2.46. The van der Waals surface area contributed by atoms with Gasteiger partial charge in [0.25, 0.3) is 0 Å². The molecular formula is C10H18O. The molecule has 0 unspecified atom stereocenters. The van der Waals surface area contributed by atoms with Gasteiger partial charge in [0, 0.05) is 0 Å². The van der Waals surface area contributed by atoms with E-state index in [1.54, 1.807) is 0 Å². The molecule has 2 bridgehead atoms. The lowest BCUT2D eigenvalue weighted by molar-refractivity contribution is 0.0647. The minimum Gasteiger partial charge on any atom is -0.393 e. The lowest BCUT2D eigenvalue weighted by Gasteiger charge is -2.28. The van der Waals surface area contributed by atoms with E-state index in [2.05, 4.69) is 13.8 Å². The lowest BCUT2D eigenvalue weighted by Crippen LogP contribution is -2.27. The first-order valence-corrected chi connectivity index (χ1v) is 4.86. The van der Waals surface area contributed by atoms with Crippen LogP contribution in [0.3, 0.4) is 0 Å². The summed E-state index contributed by atoms with van der Waals surface area (Å²) >= 11 is 0. The molecule has 1 heteroatoms. The monoisotopic (exact) mass is 154 g/mol. The Morgan fingerprint density at radius 1 is 1.18 bits per heavy atom. The molecular weight excluding hydrogens is 136 g/mol. The predicted octanol–water partition coefficient (Wildman–Crippen LogP) is 2.05. The van der Waals surface area contributed by atoms with E-state index in [0.29, 0.717) is 5.92 Å². The molecule has 1 nitrogen and oxygen atoms in total. The summed E-state index contributed by atoms with van der Waals surface area (Å²) in [6.07, 6.45) is 3.83. The number of hydrogen-bond donors (Lipinski definition) is 1. The van der Waals surface area contributed by atoms with Crippen LogP contribution in [-0.4, -0.2) is 11.2 Å². The van der Waals surface area contributed by atoms with E-state index >= 15 is 0 Å². The van der Waals surface area contributed by atoms with E-state index in [9.17, 15) is 5.11 Å².